The van der Waals surface area contributed by atoms with Gasteiger partial charge in [-0.3, -0.25) is 4.79 Å². The molecule has 0 atom stereocenters. The van der Waals surface area contributed by atoms with Crippen molar-refractivity contribution in [1.82, 2.24) is 10.4 Å². The first-order valence-corrected chi connectivity index (χ1v) is 8.95. The minimum Gasteiger partial charge on any atom is -0.479 e. The summed E-state index contributed by atoms with van der Waals surface area (Å²) in [5, 5.41) is 13.3. The zero-order valence-corrected chi connectivity index (χ0v) is 15.4. The van der Waals surface area contributed by atoms with Crippen molar-refractivity contribution >= 4 is 23.5 Å². The summed E-state index contributed by atoms with van der Waals surface area (Å²) in [6.07, 6.45) is 1.54. The van der Waals surface area contributed by atoms with Crippen molar-refractivity contribution in [1.29, 1.82) is 5.26 Å². The van der Waals surface area contributed by atoms with Crippen LogP contribution in [0, 0.1) is 18.3 Å². The Morgan fingerprint density at radius 1 is 1.26 bits per heavy atom. The van der Waals surface area contributed by atoms with Gasteiger partial charge in [-0.1, -0.05) is 30.3 Å². The molecule has 1 heterocycles. The van der Waals surface area contributed by atoms with Crippen LogP contribution in [0.4, 0.5) is 0 Å². The fourth-order valence-corrected chi connectivity index (χ4v) is 3.25. The van der Waals surface area contributed by atoms with Gasteiger partial charge in [0.25, 0.3) is 5.91 Å². The van der Waals surface area contributed by atoms with Gasteiger partial charge in [0.1, 0.15) is 21.7 Å². The Balaban J connectivity index is 1.63. The highest BCUT2D eigenvalue weighted by Gasteiger charge is 2.15. The van der Waals surface area contributed by atoms with Crippen LogP contribution in [0.15, 0.2) is 59.7 Å². The van der Waals surface area contributed by atoms with E-state index in [1.165, 1.54) is 11.3 Å². The maximum absolute atomic E-state index is 12.4. The average Bonchev–Trinajstić information content (AvgIpc) is 3.10. The summed E-state index contributed by atoms with van der Waals surface area (Å²) in [4.78, 5) is 17.4. The molecule has 7 heteroatoms. The number of benzene rings is 2. The molecule has 0 aliphatic rings. The Morgan fingerprint density at radius 3 is 2.70 bits per heavy atom. The first kappa shape index (κ1) is 18.3. The van der Waals surface area contributed by atoms with E-state index in [9.17, 15) is 4.79 Å². The number of aromatic nitrogens is 1. The van der Waals surface area contributed by atoms with Crippen LogP contribution in [-0.2, 0) is 0 Å². The van der Waals surface area contributed by atoms with Gasteiger partial charge in [0.15, 0.2) is 6.61 Å². The molecule has 27 heavy (non-hydrogen) atoms. The number of amides is 1. The monoisotopic (exact) mass is 376 g/mol. The smallest absolute Gasteiger partial charge is 0.283 e. The van der Waals surface area contributed by atoms with Gasteiger partial charge in [-0.15, -0.1) is 11.3 Å². The number of carbonyl (C=O) groups is 1. The Hall–Kier alpha value is -3.50. The van der Waals surface area contributed by atoms with Gasteiger partial charge in [-0.05, 0) is 36.8 Å². The molecular weight excluding hydrogens is 360 g/mol. The summed E-state index contributed by atoms with van der Waals surface area (Å²) in [6, 6.07) is 18.7. The minimum atomic E-state index is -0.294. The van der Waals surface area contributed by atoms with Gasteiger partial charge in [-0.2, -0.15) is 10.4 Å². The Bertz CT molecular complexity index is 989. The maximum Gasteiger partial charge on any atom is 0.283 e. The lowest BCUT2D eigenvalue weighted by atomic mass is 10.2. The fraction of sp³-hybridized carbons (Fsp3) is 0.100. The van der Waals surface area contributed by atoms with Crippen molar-refractivity contribution in [2.45, 2.75) is 6.92 Å². The second-order valence-corrected chi connectivity index (χ2v) is 6.51. The molecule has 0 spiro atoms. The van der Waals surface area contributed by atoms with E-state index < -0.39 is 0 Å². The third-order valence-electron chi connectivity index (χ3n) is 3.59. The molecule has 0 fully saturated rings. The number of ether oxygens (including phenoxy) is 1. The number of hydrazone groups is 1. The van der Waals surface area contributed by atoms with Crippen LogP contribution in [0.25, 0.3) is 10.6 Å². The van der Waals surface area contributed by atoms with Crippen LogP contribution >= 0.6 is 11.3 Å². The third kappa shape index (κ3) is 4.77. The Labute approximate surface area is 160 Å². The van der Waals surface area contributed by atoms with Crippen molar-refractivity contribution in [2.24, 2.45) is 5.10 Å². The van der Waals surface area contributed by atoms with Crippen LogP contribution in [-0.4, -0.2) is 23.7 Å². The summed E-state index contributed by atoms with van der Waals surface area (Å²) in [7, 11) is 0. The molecular formula is C20H16N4O2S. The van der Waals surface area contributed by atoms with Gasteiger partial charge < -0.3 is 4.74 Å². The van der Waals surface area contributed by atoms with Gasteiger partial charge >= 0.3 is 0 Å². The molecule has 0 saturated heterocycles. The first-order chi connectivity index (χ1) is 13.2. The molecule has 6 nitrogen and oxygen atoms in total. The molecule has 0 aliphatic carbocycles. The standard InChI is InChI=1S/C20H16N4O2S/c1-14-18(27-20(23-14)16-5-3-2-4-6-16)19(25)24-22-13-15-7-9-17(10-8-15)26-12-11-21/h2-10,13H,12H2,1H3,(H,24,25)/b22-13-. The number of hydrogen-bond acceptors (Lipinski definition) is 6. The zero-order chi connectivity index (χ0) is 19.1. The molecule has 1 amide bonds. The van der Waals surface area contributed by atoms with Gasteiger partial charge in [0.2, 0.25) is 0 Å². The van der Waals surface area contributed by atoms with Gasteiger partial charge in [0.05, 0.1) is 11.9 Å². The second kappa shape index (κ2) is 8.74. The number of nitrogens with one attached hydrogen (secondary N) is 1. The van der Waals surface area contributed by atoms with Crippen LogP contribution in [0.3, 0.4) is 0 Å². The average molecular weight is 376 g/mol. The van der Waals surface area contributed by atoms with Gasteiger partial charge in [0, 0.05) is 5.56 Å². The lowest BCUT2D eigenvalue weighted by Gasteiger charge is -2.01. The molecule has 0 unspecified atom stereocenters. The lowest BCUT2D eigenvalue weighted by Crippen LogP contribution is -2.17. The molecule has 134 valence electrons. The van der Waals surface area contributed by atoms with Crippen molar-refractivity contribution < 1.29 is 9.53 Å². The predicted octanol–water partition coefficient (Wildman–Crippen LogP) is 3.78. The quantitative estimate of drug-likeness (QED) is 0.524. The SMILES string of the molecule is Cc1nc(-c2ccccc2)sc1C(=O)N/N=C\c1ccc(OCC#N)cc1. The molecule has 0 bridgehead atoms. The summed E-state index contributed by atoms with van der Waals surface area (Å²) in [5.41, 5.74) is 4.98. The largest absolute Gasteiger partial charge is 0.479 e. The summed E-state index contributed by atoms with van der Waals surface area (Å²) in [5.74, 6) is 0.309. The number of nitrogens with zero attached hydrogens (tertiary/aromatic N) is 3. The number of hydrogen-bond donors (Lipinski definition) is 1. The number of thiazole rings is 1. The Morgan fingerprint density at radius 2 is 2.00 bits per heavy atom. The van der Waals surface area contributed by atoms with Crippen molar-refractivity contribution in [3.63, 3.8) is 0 Å². The van der Waals surface area contributed by atoms with E-state index in [1.807, 2.05) is 43.3 Å². The zero-order valence-electron chi connectivity index (χ0n) is 14.5. The molecule has 1 aromatic heterocycles. The normalized spacial score (nSPS) is 10.5. The van der Waals surface area contributed by atoms with Gasteiger partial charge in [-0.25, -0.2) is 10.4 Å². The van der Waals surface area contributed by atoms with E-state index in [0.29, 0.717) is 16.3 Å². The number of rotatable bonds is 6. The predicted molar refractivity (Wildman–Crippen MR) is 105 cm³/mol. The van der Waals surface area contributed by atoms with E-state index >= 15 is 0 Å². The lowest BCUT2D eigenvalue weighted by molar-refractivity contribution is 0.0958. The summed E-state index contributed by atoms with van der Waals surface area (Å²) >= 11 is 1.34. The summed E-state index contributed by atoms with van der Waals surface area (Å²) in [6.45, 7) is 1.81. The van der Waals surface area contributed by atoms with Crippen molar-refractivity contribution in [3.8, 4) is 22.4 Å². The number of nitriles is 1. The molecule has 2 aromatic carbocycles. The number of aryl methyl sites for hydroxylation is 1. The highest BCUT2D eigenvalue weighted by atomic mass is 32.1. The highest BCUT2D eigenvalue weighted by molar-refractivity contribution is 7.17. The molecule has 0 radical (unpaired) electrons. The highest BCUT2D eigenvalue weighted by Crippen LogP contribution is 2.27. The molecule has 3 rings (SSSR count). The van der Waals surface area contributed by atoms with E-state index in [2.05, 4.69) is 15.5 Å². The van der Waals surface area contributed by atoms with Crippen LogP contribution in [0.1, 0.15) is 20.9 Å². The van der Waals surface area contributed by atoms with Crippen LogP contribution in [0.5, 0.6) is 5.75 Å². The topological polar surface area (TPSA) is 87.4 Å². The van der Waals surface area contributed by atoms with Crippen LogP contribution < -0.4 is 10.2 Å². The number of carbonyl (C=O) groups excluding carboxylic acids is 1. The van der Waals surface area contributed by atoms with Crippen LogP contribution in [0.2, 0.25) is 0 Å². The molecule has 3 aromatic rings. The molecule has 1 N–H and O–H groups in total. The minimum absolute atomic E-state index is 0.00264. The van der Waals surface area contributed by atoms with Crippen molar-refractivity contribution in [2.75, 3.05) is 6.61 Å². The molecule has 0 aliphatic heterocycles. The van der Waals surface area contributed by atoms with Crippen molar-refractivity contribution in [3.05, 3.63) is 70.7 Å². The molecule has 0 saturated carbocycles. The van der Waals surface area contributed by atoms with E-state index in [0.717, 1.165) is 16.1 Å². The van der Waals surface area contributed by atoms with E-state index in [-0.39, 0.29) is 12.5 Å². The van der Waals surface area contributed by atoms with E-state index in [1.54, 1.807) is 30.5 Å². The third-order valence-corrected chi connectivity index (χ3v) is 4.79. The summed E-state index contributed by atoms with van der Waals surface area (Å²) < 4.78 is 5.18. The maximum atomic E-state index is 12.4. The second-order valence-electron chi connectivity index (χ2n) is 5.51. The Kier molecular flexibility index (Phi) is 5.92. The van der Waals surface area contributed by atoms with E-state index in [4.69, 9.17) is 10.00 Å². The fourth-order valence-electron chi connectivity index (χ4n) is 2.29. The first-order valence-electron chi connectivity index (χ1n) is 8.13.